The van der Waals surface area contributed by atoms with E-state index in [0.717, 1.165) is 40.3 Å². The number of aromatic nitrogens is 3. The average molecular weight is 394 g/mol. The van der Waals surface area contributed by atoms with Gasteiger partial charge in [0.2, 0.25) is 11.7 Å². The van der Waals surface area contributed by atoms with Gasteiger partial charge in [-0.1, -0.05) is 72.8 Å². The number of rotatable bonds is 6. The van der Waals surface area contributed by atoms with Gasteiger partial charge in [0.1, 0.15) is 0 Å². The summed E-state index contributed by atoms with van der Waals surface area (Å²) in [5.41, 5.74) is 11.8. The molecule has 1 amide bonds. The number of primary amides is 1. The van der Waals surface area contributed by atoms with Crippen LogP contribution in [0.4, 0.5) is 0 Å². The lowest BCUT2D eigenvalue weighted by atomic mass is 10.1. The molecule has 5 heteroatoms. The van der Waals surface area contributed by atoms with E-state index < -0.39 is 0 Å². The molecule has 3 aromatic carbocycles. The number of carbonyl (C=O) groups excluding carboxylic acids is 1. The van der Waals surface area contributed by atoms with Crippen LogP contribution >= 0.6 is 0 Å². The Morgan fingerprint density at radius 3 is 2.17 bits per heavy atom. The van der Waals surface area contributed by atoms with Crippen molar-refractivity contribution < 1.29 is 4.79 Å². The number of benzene rings is 3. The van der Waals surface area contributed by atoms with Crippen molar-refractivity contribution in [2.24, 2.45) is 5.73 Å². The Balaban J connectivity index is 1.78. The highest BCUT2D eigenvalue weighted by molar-refractivity contribution is 5.84. The largest absolute Gasteiger partial charge is 0.370 e. The van der Waals surface area contributed by atoms with Crippen molar-refractivity contribution in [1.82, 2.24) is 14.0 Å². The Morgan fingerprint density at radius 2 is 1.47 bits per heavy atom. The number of hydrogen-bond acceptors (Lipinski definition) is 2. The van der Waals surface area contributed by atoms with Crippen LogP contribution in [0.15, 0.2) is 84.9 Å². The van der Waals surface area contributed by atoms with Crippen molar-refractivity contribution in [1.29, 1.82) is 0 Å². The molecular formula is C25H22N4O. The summed E-state index contributed by atoms with van der Waals surface area (Å²) >= 11 is 0. The topological polar surface area (TPSA) is 65.3 Å². The summed E-state index contributed by atoms with van der Waals surface area (Å²) in [6.07, 6.45) is 0.825. The summed E-state index contributed by atoms with van der Waals surface area (Å²) in [6, 6.07) is 28.8. The molecule has 0 bridgehead atoms. The third-order valence-corrected chi connectivity index (χ3v) is 5.45. The van der Waals surface area contributed by atoms with Crippen LogP contribution < -0.4 is 5.73 Å². The van der Waals surface area contributed by atoms with Crippen LogP contribution in [0.1, 0.15) is 17.7 Å². The maximum absolute atomic E-state index is 11.6. The third kappa shape index (κ3) is 3.14. The molecule has 30 heavy (non-hydrogen) atoms. The number of nitrogens with zero attached hydrogens (tertiary/aromatic N) is 3. The van der Waals surface area contributed by atoms with Crippen molar-refractivity contribution in [2.45, 2.75) is 19.4 Å². The lowest BCUT2D eigenvalue weighted by Crippen LogP contribution is -2.12. The second kappa shape index (κ2) is 7.52. The minimum absolute atomic E-state index is 0.284. The normalized spacial score (nSPS) is 11.3. The van der Waals surface area contributed by atoms with Gasteiger partial charge in [-0.3, -0.25) is 9.20 Å². The Hall–Kier alpha value is -3.86. The number of hydrogen-bond donors (Lipinski definition) is 1. The lowest BCUT2D eigenvalue weighted by molar-refractivity contribution is -0.118. The van der Waals surface area contributed by atoms with Crippen LogP contribution in [-0.2, 0) is 17.8 Å². The first-order valence-electron chi connectivity index (χ1n) is 10.1. The van der Waals surface area contributed by atoms with E-state index in [0.29, 0.717) is 6.42 Å². The molecule has 0 unspecified atom stereocenters. The molecule has 0 aliphatic heterocycles. The molecule has 5 nitrogen and oxygen atoms in total. The quantitative estimate of drug-likeness (QED) is 0.463. The fraction of sp³-hybridized carbons (Fsp3) is 0.120. The Labute approximate surface area is 174 Å². The van der Waals surface area contributed by atoms with Crippen molar-refractivity contribution in [2.75, 3.05) is 0 Å². The molecule has 2 N–H and O–H groups in total. The molecule has 5 aromatic rings. The second-order valence-electron chi connectivity index (χ2n) is 7.44. The smallest absolute Gasteiger partial charge is 0.217 e. The van der Waals surface area contributed by atoms with Gasteiger partial charge in [-0.15, -0.1) is 0 Å². The minimum atomic E-state index is -0.308. The molecule has 0 radical (unpaired) electrons. The standard InChI is InChI=1S/C25H22N4O/c26-23(30)16-15-22-24(19-11-5-2-6-12-19)27-25-28(17-18-9-3-1-4-10-18)20-13-7-8-14-21(20)29(22)25/h1-14H,15-17H2,(H2,26,30). The van der Waals surface area contributed by atoms with Gasteiger partial charge in [-0.2, -0.15) is 0 Å². The van der Waals surface area contributed by atoms with Gasteiger partial charge in [0.05, 0.1) is 29.0 Å². The van der Waals surface area contributed by atoms with Gasteiger partial charge in [0.15, 0.2) is 0 Å². The van der Waals surface area contributed by atoms with Gasteiger partial charge >= 0.3 is 0 Å². The van der Waals surface area contributed by atoms with Gasteiger partial charge in [0.25, 0.3) is 0 Å². The molecule has 0 spiro atoms. The first-order valence-corrected chi connectivity index (χ1v) is 10.1. The van der Waals surface area contributed by atoms with Crippen LogP contribution in [0.2, 0.25) is 0 Å². The van der Waals surface area contributed by atoms with Crippen molar-refractivity contribution in [3.63, 3.8) is 0 Å². The minimum Gasteiger partial charge on any atom is -0.370 e. The molecule has 2 heterocycles. The number of fused-ring (bicyclic) bond motifs is 3. The SMILES string of the molecule is NC(=O)CCc1c(-c2ccccc2)nc2n(Cc3ccccc3)c3ccccc3n12. The van der Waals surface area contributed by atoms with E-state index in [-0.39, 0.29) is 12.3 Å². The number of aryl methyl sites for hydroxylation is 1. The van der Waals surface area contributed by atoms with Crippen LogP contribution in [0.25, 0.3) is 28.1 Å². The lowest BCUT2D eigenvalue weighted by Gasteiger charge is -2.06. The highest BCUT2D eigenvalue weighted by atomic mass is 16.1. The zero-order valence-electron chi connectivity index (χ0n) is 16.5. The molecule has 5 rings (SSSR count). The van der Waals surface area contributed by atoms with Gasteiger partial charge < -0.3 is 10.3 Å². The van der Waals surface area contributed by atoms with E-state index in [4.69, 9.17) is 10.7 Å². The summed E-state index contributed by atoms with van der Waals surface area (Å²) in [6.45, 7) is 0.721. The predicted molar refractivity (Wildman–Crippen MR) is 119 cm³/mol. The highest BCUT2D eigenvalue weighted by Gasteiger charge is 2.21. The predicted octanol–water partition coefficient (Wildman–Crippen LogP) is 4.42. The van der Waals surface area contributed by atoms with Crippen LogP contribution in [0.5, 0.6) is 0 Å². The molecule has 0 saturated heterocycles. The number of nitrogens with two attached hydrogens (primary N) is 1. The Bertz CT molecular complexity index is 1330. The summed E-state index contributed by atoms with van der Waals surface area (Å²) in [4.78, 5) is 16.6. The van der Waals surface area contributed by atoms with Gasteiger partial charge in [0, 0.05) is 12.0 Å². The van der Waals surface area contributed by atoms with Crippen LogP contribution in [-0.4, -0.2) is 19.9 Å². The Kier molecular flexibility index (Phi) is 4.56. The monoisotopic (exact) mass is 394 g/mol. The Morgan fingerprint density at radius 1 is 0.833 bits per heavy atom. The zero-order chi connectivity index (χ0) is 20.5. The van der Waals surface area contributed by atoms with Crippen molar-refractivity contribution in [3.8, 4) is 11.3 Å². The number of imidazole rings is 2. The number of amides is 1. The summed E-state index contributed by atoms with van der Waals surface area (Å²) < 4.78 is 4.43. The van der Waals surface area contributed by atoms with E-state index in [1.165, 1.54) is 5.56 Å². The molecule has 0 fully saturated rings. The van der Waals surface area contributed by atoms with Crippen LogP contribution in [0, 0.1) is 0 Å². The molecule has 0 atom stereocenters. The fourth-order valence-corrected chi connectivity index (χ4v) is 4.09. The summed E-state index contributed by atoms with van der Waals surface area (Å²) in [5, 5.41) is 0. The molecule has 0 saturated carbocycles. The first-order chi connectivity index (χ1) is 14.7. The number of carbonyl (C=O) groups is 1. The van der Waals surface area contributed by atoms with Crippen LogP contribution in [0.3, 0.4) is 0 Å². The highest BCUT2D eigenvalue weighted by Crippen LogP contribution is 2.31. The van der Waals surface area contributed by atoms with E-state index in [1.807, 2.05) is 36.4 Å². The maximum atomic E-state index is 11.6. The molecule has 148 valence electrons. The van der Waals surface area contributed by atoms with E-state index in [9.17, 15) is 4.79 Å². The maximum Gasteiger partial charge on any atom is 0.217 e. The van der Waals surface area contributed by atoms with E-state index >= 15 is 0 Å². The van der Waals surface area contributed by atoms with Crippen molar-refractivity contribution in [3.05, 3.63) is 96.2 Å². The molecular weight excluding hydrogens is 372 g/mol. The van der Waals surface area contributed by atoms with E-state index in [1.54, 1.807) is 0 Å². The first kappa shape index (κ1) is 18.2. The fourth-order valence-electron chi connectivity index (χ4n) is 4.09. The number of para-hydroxylation sites is 2. The average Bonchev–Trinajstić information content (AvgIpc) is 3.29. The second-order valence-corrected chi connectivity index (χ2v) is 7.44. The summed E-state index contributed by atoms with van der Waals surface area (Å²) in [5.74, 6) is 0.565. The van der Waals surface area contributed by atoms with Gasteiger partial charge in [-0.05, 0) is 24.1 Å². The molecule has 0 aliphatic carbocycles. The van der Waals surface area contributed by atoms with Crippen molar-refractivity contribution >= 4 is 22.7 Å². The van der Waals surface area contributed by atoms with E-state index in [2.05, 4.69) is 57.5 Å². The molecule has 2 aromatic heterocycles. The third-order valence-electron chi connectivity index (χ3n) is 5.45. The molecule has 0 aliphatic rings. The van der Waals surface area contributed by atoms with Gasteiger partial charge in [-0.25, -0.2) is 4.98 Å². The zero-order valence-corrected chi connectivity index (χ0v) is 16.5. The summed E-state index contributed by atoms with van der Waals surface area (Å²) in [7, 11) is 0.